The fourth-order valence-corrected chi connectivity index (χ4v) is 3.07. The standard InChI is InChI=1S/C13H21ClN2O3S/c1-16(2)8-4-3-7-15-20(18,19)12-6-5-11(10-17)13(14)9-12/h5-6,9,15,17H,3-4,7-8,10H2,1-2H3. The van der Waals surface area contributed by atoms with E-state index < -0.39 is 10.0 Å². The summed E-state index contributed by atoms with van der Waals surface area (Å²) in [5.41, 5.74) is 0.511. The highest BCUT2D eigenvalue weighted by Gasteiger charge is 2.14. The summed E-state index contributed by atoms with van der Waals surface area (Å²) in [6.07, 6.45) is 1.71. The molecule has 1 rings (SSSR count). The monoisotopic (exact) mass is 320 g/mol. The molecule has 0 unspecified atom stereocenters. The molecule has 0 aliphatic rings. The van der Waals surface area contributed by atoms with E-state index in [1.807, 2.05) is 14.1 Å². The number of unbranched alkanes of at least 4 members (excludes halogenated alkanes) is 1. The summed E-state index contributed by atoms with van der Waals surface area (Å²) in [6.45, 7) is 1.12. The van der Waals surface area contributed by atoms with E-state index >= 15 is 0 Å². The quantitative estimate of drug-likeness (QED) is 0.711. The van der Waals surface area contributed by atoms with Crippen molar-refractivity contribution < 1.29 is 13.5 Å². The molecule has 1 aromatic carbocycles. The lowest BCUT2D eigenvalue weighted by Crippen LogP contribution is -2.25. The van der Waals surface area contributed by atoms with Gasteiger partial charge in [-0.05, 0) is 51.2 Å². The van der Waals surface area contributed by atoms with Crippen LogP contribution in [0.1, 0.15) is 18.4 Å². The smallest absolute Gasteiger partial charge is 0.240 e. The average molecular weight is 321 g/mol. The molecule has 20 heavy (non-hydrogen) atoms. The molecule has 5 nitrogen and oxygen atoms in total. The highest BCUT2D eigenvalue weighted by Crippen LogP contribution is 2.20. The molecular weight excluding hydrogens is 300 g/mol. The van der Waals surface area contributed by atoms with Gasteiger partial charge in [0.25, 0.3) is 0 Å². The Morgan fingerprint density at radius 2 is 2.00 bits per heavy atom. The number of halogens is 1. The van der Waals surface area contributed by atoms with Crippen LogP contribution in [0.15, 0.2) is 23.1 Å². The SMILES string of the molecule is CN(C)CCCCNS(=O)(=O)c1ccc(CO)c(Cl)c1. The van der Waals surface area contributed by atoms with Gasteiger partial charge in [-0.2, -0.15) is 0 Å². The van der Waals surface area contributed by atoms with Crippen molar-refractivity contribution in [1.29, 1.82) is 0 Å². The second-order valence-corrected chi connectivity index (χ2v) is 6.99. The Morgan fingerprint density at radius 3 is 2.55 bits per heavy atom. The average Bonchev–Trinajstić information content (AvgIpc) is 2.37. The largest absolute Gasteiger partial charge is 0.392 e. The molecule has 0 saturated carbocycles. The highest BCUT2D eigenvalue weighted by atomic mass is 35.5. The zero-order valence-corrected chi connectivity index (χ0v) is 13.3. The predicted octanol–water partition coefficient (Wildman–Crippen LogP) is 1.45. The molecule has 0 fully saturated rings. The summed E-state index contributed by atoms with van der Waals surface area (Å²) in [7, 11) is 0.424. The van der Waals surface area contributed by atoms with Crippen LogP contribution in [-0.4, -0.2) is 45.6 Å². The van der Waals surface area contributed by atoms with Gasteiger partial charge in [0, 0.05) is 11.6 Å². The van der Waals surface area contributed by atoms with E-state index in [1.165, 1.54) is 18.2 Å². The van der Waals surface area contributed by atoms with E-state index in [4.69, 9.17) is 16.7 Å². The van der Waals surface area contributed by atoms with Gasteiger partial charge in [0.05, 0.1) is 11.5 Å². The van der Waals surface area contributed by atoms with Crippen molar-refractivity contribution in [2.24, 2.45) is 0 Å². The number of aliphatic hydroxyl groups excluding tert-OH is 1. The Balaban J connectivity index is 2.58. The first-order chi connectivity index (χ1) is 9.36. The molecule has 0 amide bonds. The van der Waals surface area contributed by atoms with E-state index in [0.29, 0.717) is 12.1 Å². The van der Waals surface area contributed by atoms with Crippen LogP contribution in [0, 0.1) is 0 Å². The first kappa shape index (κ1) is 17.4. The molecule has 0 heterocycles. The Hall–Kier alpha value is -0.660. The van der Waals surface area contributed by atoms with E-state index in [0.717, 1.165) is 19.4 Å². The predicted molar refractivity (Wildman–Crippen MR) is 80.4 cm³/mol. The van der Waals surface area contributed by atoms with Crippen LogP contribution in [0.3, 0.4) is 0 Å². The minimum atomic E-state index is -3.54. The lowest BCUT2D eigenvalue weighted by Gasteiger charge is -2.10. The summed E-state index contributed by atoms with van der Waals surface area (Å²) in [5.74, 6) is 0. The summed E-state index contributed by atoms with van der Waals surface area (Å²) in [4.78, 5) is 2.18. The van der Waals surface area contributed by atoms with Crippen molar-refractivity contribution in [3.05, 3.63) is 28.8 Å². The Labute approximate surface area is 125 Å². The Kier molecular flexibility index (Phi) is 6.91. The topological polar surface area (TPSA) is 69.6 Å². The second-order valence-electron chi connectivity index (χ2n) is 4.82. The summed E-state index contributed by atoms with van der Waals surface area (Å²) < 4.78 is 26.6. The fraction of sp³-hybridized carbons (Fsp3) is 0.538. The van der Waals surface area contributed by atoms with Crippen molar-refractivity contribution in [2.75, 3.05) is 27.2 Å². The fourth-order valence-electron chi connectivity index (χ4n) is 1.67. The van der Waals surface area contributed by atoms with Crippen molar-refractivity contribution in [1.82, 2.24) is 9.62 Å². The van der Waals surface area contributed by atoms with Crippen LogP contribution in [-0.2, 0) is 16.6 Å². The minimum absolute atomic E-state index is 0.118. The Bertz CT molecular complexity index is 532. The van der Waals surface area contributed by atoms with Crippen molar-refractivity contribution >= 4 is 21.6 Å². The minimum Gasteiger partial charge on any atom is -0.392 e. The maximum Gasteiger partial charge on any atom is 0.240 e. The van der Waals surface area contributed by atoms with Gasteiger partial charge in [-0.3, -0.25) is 0 Å². The van der Waals surface area contributed by atoms with E-state index in [9.17, 15) is 8.42 Å². The Morgan fingerprint density at radius 1 is 1.30 bits per heavy atom. The summed E-state index contributed by atoms with van der Waals surface area (Å²) in [6, 6.07) is 4.32. The molecule has 1 aromatic rings. The van der Waals surface area contributed by atoms with Crippen LogP contribution >= 0.6 is 11.6 Å². The number of benzene rings is 1. The van der Waals surface area contributed by atoms with Gasteiger partial charge in [0.1, 0.15) is 0 Å². The van der Waals surface area contributed by atoms with Crippen LogP contribution < -0.4 is 4.72 Å². The number of hydrogen-bond donors (Lipinski definition) is 2. The van der Waals surface area contributed by atoms with Gasteiger partial charge >= 0.3 is 0 Å². The number of nitrogens with one attached hydrogen (secondary N) is 1. The number of sulfonamides is 1. The second kappa shape index (κ2) is 7.95. The van der Waals surface area contributed by atoms with Gasteiger partial charge in [-0.25, -0.2) is 13.1 Å². The van der Waals surface area contributed by atoms with Gasteiger partial charge in [-0.1, -0.05) is 17.7 Å². The van der Waals surface area contributed by atoms with Crippen LogP contribution in [0.5, 0.6) is 0 Å². The zero-order chi connectivity index (χ0) is 15.2. The van der Waals surface area contributed by atoms with Crippen molar-refractivity contribution in [3.8, 4) is 0 Å². The highest BCUT2D eigenvalue weighted by molar-refractivity contribution is 7.89. The molecule has 7 heteroatoms. The molecule has 114 valence electrons. The lowest BCUT2D eigenvalue weighted by atomic mass is 10.2. The van der Waals surface area contributed by atoms with Gasteiger partial charge in [0.2, 0.25) is 10.0 Å². The van der Waals surface area contributed by atoms with E-state index in [-0.39, 0.29) is 16.5 Å². The van der Waals surface area contributed by atoms with Crippen LogP contribution in [0.2, 0.25) is 5.02 Å². The van der Waals surface area contributed by atoms with E-state index in [2.05, 4.69) is 9.62 Å². The maximum absolute atomic E-state index is 12.0. The third kappa shape index (κ3) is 5.38. The van der Waals surface area contributed by atoms with Gasteiger partial charge in [-0.15, -0.1) is 0 Å². The third-order valence-corrected chi connectivity index (χ3v) is 4.64. The molecule has 0 spiro atoms. The molecular formula is C13H21ClN2O3S. The summed E-state index contributed by atoms with van der Waals surface area (Å²) >= 11 is 5.90. The molecule has 0 aliphatic heterocycles. The number of rotatable bonds is 8. The van der Waals surface area contributed by atoms with E-state index in [1.54, 1.807) is 0 Å². The third-order valence-electron chi connectivity index (χ3n) is 2.83. The van der Waals surface area contributed by atoms with Crippen molar-refractivity contribution in [2.45, 2.75) is 24.3 Å². The van der Waals surface area contributed by atoms with Gasteiger partial charge < -0.3 is 10.0 Å². The van der Waals surface area contributed by atoms with Crippen LogP contribution in [0.4, 0.5) is 0 Å². The molecule has 0 radical (unpaired) electrons. The zero-order valence-electron chi connectivity index (χ0n) is 11.8. The van der Waals surface area contributed by atoms with Gasteiger partial charge in [0.15, 0.2) is 0 Å². The first-order valence-electron chi connectivity index (χ1n) is 6.40. The maximum atomic E-state index is 12.0. The molecule has 0 aliphatic carbocycles. The number of aliphatic hydroxyl groups is 1. The summed E-state index contributed by atoms with van der Waals surface area (Å²) in [5, 5.41) is 9.26. The number of nitrogens with zero attached hydrogens (tertiary/aromatic N) is 1. The molecule has 0 saturated heterocycles. The van der Waals surface area contributed by atoms with Crippen molar-refractivity contribution in [3.63, 3.8) is 0 Å². The molecule has 0 atom stereocenters. The molecule has 0 aromatic heterocycles. The molecule has 2 N–H and O–H groups in total. The number of hydrogen-bond acceptors (Lipinski definition) is 4. The van der Waals surface area contributed by atoms with Crippen LogP contribution in [0.25, 0.3) is 0 Å². The molecule has 0 bridgehead atoms. The normalized spacial score (nSPS) is 12.1. The first-order valence-corrected chi connectivity index (χ1v) is 8.26. The lowest BCUT2D eigenvalue weighted by molar-refractivity contribution is 0.282.